The summed E-state index contributed by atoms with van der Waals surface area (Å²) in [5, 5.41) is 0.820. The third kappa shape index (κ3) is 3.41. The molecule has 2 nitrogen and oxygen atoms in total. The van der Waals surface area contributed by atoms with Gasteiger partial charge in [0.2, 0.25) is 0 Å². The van der Waals surface area contributed by atoms with Crippen molar-refractivity contribution in [3.63, 3.8) is 0 Å². The summed E-state index contributed by atoms with van der Waals surface area (Å²) < 4.78 is 5.31. The summed E-state index contributed by atoms with van der Waals surface area (Å²) in [5.41, 5.74) is 0.596. The van der Waals surface area contributed by atoms with E-state index in [1.165, 1.54) is 31.4 Å². The number of halogens is 3. The summed E-state index contributed by atoms with van der Waals surface area (Å²) in [6, 6.07) is 2.99. The van der Waals surface area contributed by atoms with Crippen molar-refractivity contribution in [2.75, 3.05) is 6.61 Å². The van der Waals surface area contributed by atoms with E-state index >= 15 is 0 Å². The minimum Gasteiger partial charge on any atom is -0.462 e. The Kier molecular flexibility index (Phi) is 5.22. The number of ether oxygens (including phenoxy) is 1. The van der Waals surface area contributed by atoms with E-state index in [9.17, 15) is 4.79 Å². The molecule has 0 aromatic heterocycles. The Morgan fingerprint density at radius 3 is 2.55 bits per heavy atom. The predicted molar refractivity (Wildman–Crippen MR) is 82.9 cm³/mol. The lowest BCUT2D eigenvalue weighted by atomic mass is 9.65. The Labute approximate surface area is 134 Å². The fraction of sp³-hybridized carbons (Fsp3) is 0.533. The van der Waals surface area contributed by atoms with Crippen LogP contribution >= 0.6 is 34.8 Å². The molecule has 0 amide bonds. The fourth-order valence-corrected chi connectivity index (χ4v) is 3.28. The fourth-order valence-electron chi connectivity index (χ4n) is 2.60. The van der Waals surface area contributed by atoms with Crippen molar-refractivity contribution in [1.29, 1.82) is 0 Å². The number of carbonyl (C=O) groups is 1. The molecule has 0 radical (unpaired) electrons. The Morgan fingerprint density at radius 2 is 2.00 bits per heavy atom. The van der Waals surface area contributed by atoms with E-state index in [2.05, 4.69) is 6.92 Å². The monoisotopic (exact) mass is 334 g/mol. The van der Waals surface area contributed by atoms with E-state index in [0.29, 0.717) is 17.0 Å². The van der Waals surface area contributed by atoms with Crippen LogP contribution in [0.3, 0.4) is 0 Å². The molecule has 1 aliphatic rings. The van der Waals surface area contributed by atoms with Gasteiger partial charge in [0.15, 0.2) is 0 Å². The standard InChI is InChI=1S/C15H17Cl3O2/c1-2-15(4-3-5-15)6-7-20-14(19)11-8-10(16)9-12(17)13(11)18/h8-9H,2-7H2,1H3. The quantitative estimate of drug-likeness (QED) is 0.504. The lowest BCUT2D eigenvalue weighted by Gasteiger charge is -2.41. The van der Waals surface area contributed by atoms with Crippen molar-refractivity contribution in [2.45, 2.75) is 39.0 Å². The SMILES string of the molecule is CCC1(CCOC(=O)c2cc(Cl)cc(Cl)c2Cl)CCC1. The first-order valence-electron chi connectivity index (χ1n) is 6.79. The zero-order valence-corrected chi connectivity index (χ0v) is 13.6. The maximum Gasteiger partial charge on any atom is 0.339 e. The van der Waals surface area contributed by atoms with Crippen LogP contribution < -0.4 is 0 Å². The van der Waals surface area contributed by atoms with Crippen molar-refractivity contribution in [3.05, 3.63) is 32.8 Å². The van der Waals surface area contributed by atoms with Crippen LogP contribution in [0.15, 0.2) is 12.1 Å². The normalized spacial score (nSPS) is 16.6. The molecule has 0 aliphatic heterocycles. The second-order valence-corrected chi connectivity index (χ2v) is 6.56. The van der Waals surface area contributed by atoms with Crippen LogP contribution in [-0.2, 0) is 4.74 Å². The van der Waals surface area contributed by atoms with Gasteiger partial charge in [0.1, 0.15) is 0 Å². The van der Waals surface area contributed by atoms with Crippen molar-refractivity contribution in [2.24, 2.45) is 5.41 Å². The van der Waals surface area contributed by atoms with Crippen LogP contribution in [0, 0.1) is 5.41 Å². The number of benzene rings is 1. The van der Waals surface area contributed by atoms with Gasteiger partial charge in [-0.2, -0.15) is 0 Å². The minimum absolute atomic E-state index is 0.190. The largest absolute Gasteiger partial charge is 0.462 e. The molecule has 1 fully saturated rings. The zero-order valence-electron chi connectivity index (χ0n) is 11.3. The van der Waals surface area contributed by atoms with Crippen LogP contribution in [0.25, 0.3) is 0 Å². The summed E-state index contributed by atoms with van der Waals surface area (Å²) in [6.07, 6.45) is 5.77. The molecule has 0 unspecified atom stereocenters. The predicted octanol–water partition coefficient (Wildman–Crippen LogP) is 5.77. The number of hydrogen-bond donors (Lipinski definition) is 0. The average Bonchev–Trinajstić information content (AvgIpc) is 2.36. The number of rotatable bonds is 5. The second kappa shape index (κ2) is 6.55. The molecule has 0 bridgehead atoms. The lowest BCUT2D eigenvalue weighted by Crippen LogP contribution is -2.30. The molecule has 0 N–H and O–H groups in total. The van der Waals surface area contributed by atoms with Crippen LogP contribution in [0.5, 0.6) is 0 Å². The van der Waals surface area contributed by atoms with Crippen molar-refractivity contribution in [3.8, 4) is 0 Å². The molecular formula is C15H17Cl3O2. The van der Waals surface area contributed by atoms with Gasteiger partial charge in [-0.05, 0) is 36.8 Å². The van der Waals surface area contributed by atoms with Crippen LogP contribution in [-0.4, -0.2) is 12.6 Å². The van der Waals surface area contributed by atoms with Gasteiger partial charge in [-0.25, -0.2) is 4.79 Å². The Hall–Kier alpha value is -0.440. The molecule has 1 saturated carbocycles. The summed E-state index contributed by atoms with van der Waals surface area (Å²) >= 11 is 17.8. The molecule has 1 aromatic carbocycles. The second-order valence-electron chi connectivity index (χ2n) is 5.34. The smallest absolute Gasteiger partial charge is 0.339 e. The highest BCUT2D eigenvalue weighted by Gasteiger charge is 2.34. The van der Waals surface area contributed by atoms with Gasteiger partial charge < -0.3 is 4.74 Å². The molecule has 0 heterocycles. The lowest BCUT2D eigenvalue weighted by molar-refractivity contribution is 0.0324. The molecule has 1 aliphatic carbocycles. The van der Waals surface area contributed by atoms with Gasteiger partial charge in [-0.15, -0.1) is 0 Å². The molecule has 0 saturated heterocycles. The zero-order chi connectivity index (χ0) is 14.8. The third-order valence-corrected chi connectivity index (χ3v) is 5.26. The Bertz CT molecular complexity index is 505. The first-order chi connectivity index (χ1) is 9.47. The molecule has 110 valence electrons. The Balaban J connectivity index is 1.95. The van der Waals surface area contributed by atoms with Crippen molar-refractivity contribution in [1.82, 2.24) is 0 Å². The van der Waals surface area contributed by atoms with Crippen molar-refractivity contribution >= 4 is 40.8 Å². The third-order valence-electron chi connectivity index (χ3n) is 4.24. The van der Waals surface area contributed by atoms with Gasteiger partial charge in [-0.3, -0.25) is 0 Å². The molecule has 5 heteroatoms. The summed E-state index contributed by atoms with van der Waals surface area (Å²) in [5.74, 6) is -0.468. The highest BCUT2D eigenvalue weighted by molar-refractivity contribution is 6.45. The van der Waals surface area contributed by atoms with E-state index in [0.717, 1.165) is 12.8 Å². The molecule has 1 aromatic rings. The molecule has 0 atom stereocenters. The summed E-state index contributed by atoms with van der Waals surface area (Å²) in [4.78, 5) is 12.0. The van der Waals surface area contributed by atoms with Gasteiger partial charge in [0.05, 0.1) is 22.2 Å². The molecule has 0 spiro atoms. The van der Waals surface area contributed by atoms with Crippen LogP contribution in [0.2, 0.25) is 15.1 Å². The number of carbonyl (C=O) groups excluding carboxylic acids is 1. The maximum absolute atomic E-state index is 12.0. The highest BCUT2D eigenvalue weighted by atomic mass is 35.5. The first-order valence-corrected chi connectivity index (χ1v) is 7.92. The minimum atomic E-state index is -0.468. The number of esters is 1. The van der Waals surface area contributed by atoms with E-state index in [1.54, 1.807) is 0 Å². The molecule has 20 heavy (non-hydrogen) atoms. The maximum atomic E-state index is 12.0. The van der Waals surface area contributed by atoms with Crippen LogP contribution in [0.4, 0.5) is 0 Å². The van der Waals surface area contributed by atoms with Gasteiger partial charge in [0, 0.05) is 5.02 Å². The first kappa shape index (κ1) is 15.9. The van der Waals surface area contributed by atoms with Gasteiger partial charge >= 0.3 is 5.97 Å². The highest BCUT2D eigenvalue weighted by Crippen LogP contribution is 2.46. The van der Waals surface area contributed by atoms with Gasteiger partial charge in [-0.1, -0.05) is 54.6 Å². The molecular weight excluding hydrogens is 319 g/mol. The average molecular weight is 336 g/mol. The summed E-state index contributed by atoms with van der Waals surface area (Å²) in [7, 11) is 0. The van der Waals surface area contributed by atoms with Gasteiger partial charge in [0.25, 0.3) is 0 Å². The number of hydrogen-bond acceptors (Lipinski definition) is 2. The molecule has 2 rings (SSSR count). The van der Waals surface area contributed by atoms with Crippen molar-refractivity contribution < 1.29 is 9.53 Å². The van der Waals surface area contributed by atoms with E-state index < -0.39 is 5.97 Å². The Morgan fingerprint density at radius 1 is 1.30 bits per heavy atom. The van der Waals surface area contributed by atoms with Crippen LogP contribution in [0.1, 0.15) is 49.4 Å². The van der Waals surface area contributed by atoms with E-state index in [-0.39, 0.29) is 15.6 Å². The topological polar surface area (TPSA) is 26.3 Å². The summed E-state index contributed by atoms with van der Waals surface area (Å²) in [6.45, 7) is 2.60. The van der Waals surface area contributed by atoms with E-state index in [4.69, 9.17) is 39.5 Å². The van der Waals surface area contributed by atoms with E-state index in [1.807, 2.05) is 0 Å².